The summed E-state index contributed by atoms with van der Waals surface area (Å²) in [5.41, 5.74) is 1.62. The van der Waals surface area contributed by atoms with Crippen LogP contribution in [0.1, 0.15) is 27.2 Å². The van der Waals surface area contributed by atoms with Crippen LogP contribution in [0.3, 0.4) is 0 Å². The molecule has 0 spiro atoms. The quantitative estimate of drug-likeness (QED) is 0.713. The monoisotopic (exact) mass is 342 g/mol. The average molecular weight is 342 g/mol. The molecular weight excluding hydrogens is 316 g/mol. The number of nitrogens with one attached hydrogen (secondary N) is 2. The third-order valence-corrected chi connectivity index (χ3v) is 3.29. The van der Waals surface area contributed by atoms with Crippen LogP contribution in [0, 0.1) is 0 Å². The molecule has 0 radical (unpaired) electrons. The molecule has 0 fully saturated rings. The number of ether oxygens (including phenoxy) is 2. The zero-order valence-electron chi connectivity index (χ0n) is 15.0. The van der Waals surface area contributed by atoms with Crippen molar-refractivity contribution in [2.45, 2.75) is 33.3 Å². The second kappa shape index (κ2) is 9.57. The SMILES string of the molecule is CCCOc1ccc(NCC(=O)Nc2ccc(OC(C)C)cc2)cc1. The van der Waals surface area contributed by atoms with E-state index in [0.29, 0.717) is 6.61 Å². The molecule has 5 nitrogen and oxygen atoms in total. The molecular formula is C20H26N2O3. The van der Waals surface area contributed by atoms with Gasteiger partial charge in [-0.05, 0) is 68.8 Å². The Morgan fingerprint density at radius 3 is 2.16 bits per heavy atom. The van der Waals surface area contributed by atoms with Crippen molar-refractivity contribution in [3.63, 3.8) is 0 Å². The van der Waals surface area contributed by atoms with Crippen molar-refractivity contribution < 1.29 is 14.3 Å². The van der Waals surface area contributed by atoms with Crippen LogP contribution in [-0.2, 0) is 4.79 Å². The van der Waals surface area contributed by atoms with Gasteiger partial charge in [-0.3, -0.25) is 4.79 Å². The van der Waals surface area contributed by atoms with Gasteiger partial charge in [0, 0.05) is 11.4 Å². The van der Waals surface area contributed by atoms with Gasteiger partial charge < -0.3 is 20.1 Å². The van der Waals surface area contributed by atoms with Gasteiger partial charge in [-0.25, -0.2) is 0 Å². The van der Waals surface area contributed by atoms with Gasteiger partial charge in [-0.1, -0.05) is 6.92 Å². The standard InChI is InChI=1S/C20H26N2O3/c1-4-13-24-18-9-5-16(6-10-18)21-14-20(23)22-17-7-11-19(12-8-17)25-15(2)3/h5-12,15,21H,4,13-14H2,1-3H3,(H,22,23). The topological polar surface area (TPSA) is 59.6 Å². The molecule has 25 heavy (non-hydrogen) atoms. The van der Waals surface area contributed by atoms with Gasteiger partial charge in [0.15, 0.2) is 0 Å². The highest BCUT2D eigenvalue weighted by Gasteiger charge is 2.04. The number of carbonyl (C=O) groups excluding carboxylic acids is 1. The lowest BCUT2D eigenvalue weighted by Gasteiger charge is -2.11. The van der Waals surface area contributed by atoms with Gasteiger partial charge in [0.05, 0.1) is 19.3 Å². The summed E-state index contributed by atoms with van der Waals surface area (Å²) in [6, 6.07) is 14.9. The minimum Gasteiger partial charge on any atom is -0.494 e. The smallest absolute Gasteiger partial charge is 0.243 e. The molecule has 0 unspecified atom stereocenters. The lowest BCUT2D eigenvalue weighted by Crippen LogP contribution is -2.21. The number of hydrogen-bond donors (Lipinski definition) is 2. The Morgan fingerprint density at radius 2 is 1.56 bits per heavy atom. The Bertz CT molecular complexity index is 652. The molecule has 0 heterocycles. The number of anilines is 2. The van der Waals surface area contributed by atoms with E-state index in [1.54, 1.807) is 0 Å². The van der Waals surface area contributed by atoms with E-state index < -0.39 is 0 Å². The maximum atomic E-state index is 12.0. The molecule has 0 bridgehead atoms. The Kier molecular flexibility index (Phi) is 7.14. The predicted molar refractivity (Wildman–Crippen MR) is 102 cm³/mol. The summed E-state index contributed by atoms with van der Waals surface area (Å²) >= 11 is 0. The third kappa shape index (κ3) is 6.75. The average Bonchev–Trinajstić information content (AvgIpc) is 2.60. The van der Waals surface area contributed by atoms with Crippen LogP contribution in [0.25, 0.3) is 0 Å². The number of benzene rings is 2. The summed E-state index contributed by atoms with van der Waals surface area (Å²) in [6.07, 6.45) is 1.11. The molecule has 1 amide bonds. The third-order valence-electron chi connectivity index (χ3n) is 3.29. The first-order valence-electron chi connectivity index (χ1n) is 8.60. The molecule has 0 atom stereocenters. The van der Waals surface area contributed by atoms with E-state index in [-0.39, 0.29) is 18.6 Å². The van der Waals surface area contributed by atoms with Crippen molar-refractivity contribution in [1.82, 2.24) is 0 Å². The Balaban J connectivity index is 1.78. The van der Waals surface area contributed by atoms with Crippen LogP contribution in [0.4, 0.5) is 11.4 Å². The Labute approximate surface area is 149 Å². The highest BCUT2D eigenvalue weighted by atomic mass is 16.5. The maximum absolute atomic E-state index is 12.0. The molecule has 0 aromatic heterocycles. The summed E-state index contributed by atoms with van der Waals surface area (Å²) in [5.74, 6) is 1.51. The zero-order valence-corrected chi connectivity index (χ0v) is 15.0. The molecule has 5 heteroatoms. The van der Waals surface area contributed by atoms with E-state index in [2.05, 4.69) is 17.6 Å². The molecule has 0 saturated carbocycles. The largest absolute Gasteiger partial charge is 0.494 e. The summed E-state index contributed by atoms with van der Waals surface area (Å²) < 4.78 is 11.1. The molecule has 2 aromatic carbocycles. The molecule has 2 N–H and O–H groups in total. The molecule has 2 rings (SSSR count). The molecule has 0 aliphatic carbocycles. The van der Waals surface area contributed by atoms with Crippen molar-refractivity contribution in [3.8, 4) is 11.5 Å². The second-order valence-corrected chi connectivity index (χ2v) is 5.97. The first-order valence-corrected chi connectivity index (χ1v) is 8.60. The van der Waals surface area contributed by atoms with Crippen LogP contribution in [0.2, 0.25) is 0 Å². The van der Waals surface area contributed by atoms with E-state index >= 15 is 0 Å². The fraction of sp³-hybridized carbons (Fsp3) is 0.350. The Hall–Kier alpha value is -2.69. The molecule has 0 saturated heterocycles. The first-order chi connectivity index (χ1) is 12.1. The zero-order chi connectivity index (χ0) is 18.1. The number of amides is 1. The van der Waals surface area contributed by atoms with Crippen LogP contribution in [0.5, 0.6) is 11.5 Å². The van der Waals surface area contributed by atoms with Crippen molar-refractivity contribution in [2.24, 2.45) is 0 Å². The number of carbonyl (C=O) groups is 1. The van der Waals surface area contributed by atoms with Crippen molar-refractivity contribution in [1.29, 1.82) is 0 Å². The van der Waals surface area contributed by atoms with Crippen molar-refractivity contribution >= 4 is 17.3 Å². The lowest BCUT2D eigenvalue weighted by molar-refractivity contribution is -0.114. The van der Waals surface area contributed by atoms with Gasteiger partial charge in [-0.2, -0.15) is 0 Å². The van der Waals surface area contributed by atoms with Crippen LogP contribution < -0.4 is 20.1 Å². The van der Waals surface area contributed by atoms with Crippen molar-refractivity contribution in [3.05, 3.63) is 48.5 Å². The van der Waals surface area contributed by atoms with E-state index in [1.807, 2.05) is 62.4 Å². The first kappa shape index (κ1) is 18.6. The second-order valence-electron chi connectivity index (χ2n) is 5.97. The Morgan fingerprint density at radius 1 is 0.960 bits per heavy atom. The summed E-state index contributed by atoms with van der Waals surface area (Å²) in [7, 11) is 0. The van der Waals surface area contributed by atoms with Crippen LogP contribution >= 0.6 is 0 Å². The minimum atomic E-state index is -0.108. The highest BCUT2D eigenvalue weighted by molar-refractivity contribution is 5.93. The fourth-order valence-corrected chi connectivity index (χ4v) is 2.17. The van der Waals surface area contributed by atoms with Gasteiger partial charge in [0.1, 0.15) is 11.5 Å². The van der Waals surface area contributed by atoms with Gasteiger partial charge in [0.25, 0.3) is 0 Å². The van der Waals surface area contributed by atoms with E-state index in [4.69, 9.17) is 9.47 Å². The van der Waals surface area contributed by atoms with Gasteiger partial charge in [0.2, 0.25) is 5.91 Å². The summed E-state index contributed by atoms with van der Waals surface area (Å²) in [4.78, 5) is 12.0. The van der Waals surface area contributed by atoms with Crippen LogP contribution in [0.15, 0.2) is 48.5 Å². The van der Waals surface area contributed by atoms with E-state index in [1.165, 1.54) is 0 Å². The van der Waals surface area contributed by atoms with E-state index in [9.17, 15) is 4.79 Å². The maximum Gasteiger partial charge on any atom is 0.243 e. The normalized spacial score (nSPS) is 10.4. The number of hydrogen-bond acceptors (Lipinski definition) is 4. The fourth-order valence-electron chi connectivity index (χ4n) is 2.17. The van der Waals surface area contributed by atoms with Gasteiger partial charge in [-0.15, -0.1) is 0 Å². The van der Waals surface area contributed by atoms with Crippen molar-refractivity contribution in [2.75, 3.05) is 23.8 Å². The minimum absolute atomic E-state index is 0.108. The molecule has 0 aliphatic rings. The lowest BCUT2D eigenvalue weighted by atomic mass is 10.3. The molecule has 2 aromatic rings. The van der Waals surface area contributed by atoms with Crippen LogP contribution in [-0.4, -0.2) is 25.2 Å². The predicted octanol–water partition coefficient (Wildman–Crippen LogP) is 4.31. The summed E-state index contributed by atoms with van der Waals surface area (Å²) in [6.45, 7) is 6.92. The molecule has 134 valence electrons. The molecule has 0 aliphatic heterocycles. The highest BCUT2D eigenvalue weighted by Crippen LogP contribution is 2.17. The summed E-state index contributed by atoms with van der Waals surface area (Å²) in [5, 5.41) is 5.94. The van der Waals surface area contributed by atoms with E-state index in [0.717, 1.165) is 29.3 Å². The van der Waals surface area contributed by atoms with Gasteiger partial charge >= 0.3 is 0 Å². The number of rotatable bonds is 9.